The van der Waals surface area contributed by atoms with Gasteiger partial charge in [0.25, 0.3) is 0 Å². The molecule has 2 aromatic heterocycles. The third-order valence-electron chi connectivity index (χ3n) is 5.81. The minimum atomic E-state index is -3.81. The maximum absolute atomic E-state index is 13.5. The topological polar surface area (TPSA) is 84.2 Å². The van der Waals surface area contributed by atoms with Crippen molar-refractivity contribution in [2.45, 2.75) is 18.7 Å². The first-order chi connectivity index (χ1) is 16.2. The van der Waals surface area contributed by atoms with Gasteiger partial charge in [-0.2, -0.15) is 9.40 Å². The van der Waals surface area contributed by atoms with Crippen LogP contribution >= 0.6 is 11.6 Å². The molecule has 1 fully saturated rings. The monoisotopic (exact) mass is 500 g/mol. The molecule has 3 heterocycles. The number of piperazine rings is 1. The van der Waals surface area contributed by atoms with Crippen molar-refractivity contribution in [2.75, 3.05) is 31.1 Å². The number of hydrogen-bond acceptors (Lipinski definition) is 6. The normalized spacial score (nSPS) is 15.2. The molecule has 34 heavy (non-hydrogen) atoms. The van der Waals surface area contributed by atoms with Crippen LogP contribution in [0.25, 0.3) is 16.9 Å². The zero-order valence-corrected chi connectivity index (χ0v) is 20.2. The molecule has 0 saturated carbocycles. The number of para-hydroxylation sites is 2. The number of anilines is 1. The number of aryl methyl sites for hydroxylation is 2. The molecule has 0 bridgehead atoms. The Bertz CT molecular complexity index is 1500. The van der Waals surface area contributed by atoms with E-state index < -0.39 is 15.8 Å². The van der Waals surface area contributed by atoms with Crippen molar-refractivity contribution in [1.29, 1.82) is 0 Å². The highest BCUT2D eigenvalue weighted by Gasteiger charge is 2.31. The molecule has 8 nitrogen and oxygen atoms in total. The molecule has 1 saturated heterocycles. The molecule has 0 amide bonds. The predicted octanol–water partition coefficient (Wildman–Crippen LogP) is 3.74. The first kappa shape index (κ1) is 22.7. The molecule has 0 unspecified atom stereocenters. The smallest absolute Gasteiger partial charge is 0.243 e. The minimum Gasteiger partial charge on any atom is -0.351 e. The van der Waals surface area contributed by atoms with Crippen molar-refractivity contribution in [3.63, 3.8) is 0 Å². The summed E-state index contributed by atoms with van der Waals surface area (Å²) < 4.78 is 42.8. The van der Waals surface area contributed by atoms with Crippen LogP contribution < -0.4 is 4.90 Å². The van der Waals surface area contributed by atoms with Crippen LogP contribution in [-0.4, -0.2) is 58.7 Å². The standard InChI is InChI=1S/C23H22ClFN6O2S/c1-15-13-16(2)31(28-15)23-22(26-20-5-3-4-6-21(20)27-23)29-9-11-30(12-10-29)34(32,33)17-7-8-19(25)18(24)14-17/h3-8,13-14H,9-12H2,1-2H3. The number of nitrogens with zero attached hydrogens (tertiary/aromatic N) is 6. The maximum atomic E-state index is 13.5. The largest absolute Gasteiger partial charge is 0.351 e. The molecule has 0 spiro atoms. The van der Waals surface area contributed by atoms with Crippen LogP contribution in [0.4, 0.5) is 10.2 Å². The number of hydrogen-bond donors (Lipinski definition) is 0. The number of benzene rings is 2. The molecule has 176 valence electrons. The second kappa shape index (κ2) is 8.61. The van der Waals surface area contributed by atoms with Crippen molar-refractivity contribution < 1.29 is 12.8 Å². The van der Waals surface area contributed by atoms with E-state index in [4.69, 9.17) is 21.6 Å². The highest BCUT2D eigenvalue weighted by atomic mass is 35.5. The summed E-state index contributed by atoms with van der Waals surface area (Å²) in [6, 6.07) is 13.0. The molecule has 11 heteroatoms. The summed E-state index contributed by atoms with van der Waals surface area (Å²) in [4.78, 5) is 11.7. The molecule has 2 aromatic carbocycles. The number of fused-ring (bicyclic) bond motifs is 1. The third-order valence-corrected chi connectivity index (χ3v) is 8.00. The van der Waals surface area contributed by atoms with Gasteiger partial charge in [-0.15, -0.1) is 0 Å². The summed E-state index contributed by atoms with van der Waals surface area (Å²) in [5, 5.41) is 4.37. The summed E-state index contributed by atoms with van der Waals surface area (Å²) in [5.41, 5.74) is 3.30. The summed E-state index contributed by atoms with van der Waals surface area (Å²) in [6.45, 7) is 5.17. The van der Waals surface area contributed by atoms with Gasteiger partial charge in [-0.3, -0.25) is 0 Å². The fraction of sp³-hybridized carbons (Fsp3) is 0.261. The van der Waals surface area contributed by atoms with Crippen LogP contribution in [0, 0.1) is 19.7 Å². The Morgan fingerprint density at radius 3 is 2.15 bits per heavy atom. The lowest BCUT2D eigenvalue weighted by atomic mass is 10.3. The summed E-state index contributed by atoms with van der Waals surface area (Å²) in [6.07, 6.45) is 0. The number of aromatic nitrogens is 4. The van der Waals surface area contributed by atoms with Crippen LogP contribution in [0.1, 0.15) is 11.4 Å². The number of sulfonamides is 1. The van der Waals surface area contributed by atoms with E-state index >= 15 is 0 Å². The van der Waals surface area contributed by atoms with Crippen molar-refractivity contribution in [1.82, 2.24) is 24.1 Å². The highest BCUT2D eigenvalue weighted by Crippen LogP contribution is 2.28. The van der Waals surface area contributed by atoms with Gasteiger partial charge in [0.05, 0.1) is 26.6 Å². The Balaban J connectivity index is 1.47. The van der Waals surface area contributed by atoms with Crippen molar-refractivity contribution in [3.8, 4) is 5.82 Å². The van der Waals surface area contributed by atoms with Crippen molar-refractivity contribution in [3.05, 3.63) is 70.8 Å². The Hall–Kier alpha value is -3.08. The Morgan fingerprint density at radius 2 is 1.56 bits per heavy atom. The molecule has 5 rings (SSSR count). The molecule has 1 aliphatic heterocycles. The zero-order chi connectivity index (χ0) is 24.0. The van der Waals surface area contributed by atoms with Gasteiger partial charge in [0.1, 0.15) is 5.82 Å². The minimum absolute atomic E-state index is 0.0267. The van der Waals surface area contributed by atoms with E-state index in [0.29, 0.717) is 24.7 Å². The summed E-state index contributed by atoms with van der Waals surface area (Å²) in [7, 11) is -3.81. The van der Waals surface area contributed by atoms with Gasteiger partial charge >= 0.3 is 0 Å². The quantitative estimate of drug-likeness (QED) is 0.424. The zero-order valence-electron chi connectivity index (χ0n) is 18.6. The molecule has 1 aliphatic rings. The molecule has 0 radical (unpaired) electrons. The van der Waals surface area contributed by atoms with Crippen LogP contribution in [0.5, 0.6) is 0 Å². The highest BCUT2D eigenvalue weighted by molar-refractivity contribution is 7.89. The van der Waals surface area contributed by atoms with E-state index in [1.165, 1.54) is 10.4 Å². The SMILES string of the molecule is Cc1cc(C)n(-c2nc3ccccc3nc2N2CCN(S(=O)(=O)c3ccc(F)c(Cl)c3)CC2)n1. The van der Waals surface area contributed by atoms with E-state index in [-0.39, 0.29) is 23.0 Å². The lowest BCUT2D eigenvalue weighted by Gasteiger charge is -2.35. The fourth-order valence-corrected chi connectivity index (χ4v) is 5.80. The fourth-order valence-electron chi connectivity index (χ4n) is 4.11. The first-order valence-electron chi connectivity index (χ1n) is 10.7. The molecule has 0 N–H and O–H groups in total. The Kier molecular flexibility index (Phi) is 5.75. The Morgan fingerprint density at radius 1 is 0.912 bits per heavy atom. The van der Waals surface area contributed by atoms with Gasteiger partial charge in [0, 0.05) is 31.9 Å². The van der Waals surface area contributed by atoms with Crippen molar-refractivity contribution in [2.24, 2.45) is 0 Å². The van der Waals surface area contributed by atoms with Crippen LogP contribution in [-0.2, 0) is 10.0 Å². The number of halogens is 2. The summed E-state index contributed by atoms with van der Waals surface area (Å²) in [5.74, 6) is 0.592. The van der Waals surface area contributed by atoms with Gasteiger partial charge in [-0.1, -0.05) is 23.7 Å². The number of rotatable bonds is 4. The first-order valence-corrected chi connectivity index (χ1v) is 12.6. The Labute approximate surface area is 201 Å². The maximum Gasteiger partial charge on any atom is 0.243 e. The average molecular weight is 501 g/mol. The molecular weight excluding hydrogens is 479 g/mol. The van der Waals surface area contributed by atoms with Crippen LogP contribution in [0.3, 0.4) is 0 Å². The van der Waals surface area contributed by atoms with Gasteiger partial charge in [-0.05, 0) is 50.2 Å². The van der Waals surface area contributed by atoms with E-state index in [0.717, 1.165) is 34.6 Å². The van der Waals surface area contributed by atoms with Crippen LogP contribution in [0.15, 0.2) is 53.4 Å². The molecule has 4 aromatic rings. The molecule has 0 atom stereocenters. The van der Waals surface area contributed by atoms with Gasteiger partial charge in [0.15, 0.2) is 11.6 Å². The second-order valence-electron chi connectivity index (χ2n) is 8.17. The van der Waals surface area contributed by atoms with Gasteiger partial charge in [0.2, 0.25) is 10.0 Å². The van der Waals surface area contributed by atoms with E-state index in [1.54, 1.807) is 4.68 Å². The van der Waals surface area contributed by atoms with E-state index in [2.05, 4.69) is 5.10 Å². The predicted molar refractivity (Wildman–Crippen MR) is 129 cm³/mol. The third kappa shape index (κ3) is 4.02. The summed E-state index contributed by atoms with van der Waals surface area (Å²) >= 11 is 5.81. The lowest BCUT2D eigenvalue weighted by Crippen LogP contribution is -2.49. The lowest BCUT2D eigenvalue weighted by molar-refractivity contribution is 0.383. The van der Waals surface area contributed by atoms with Crippen molar-refractivity contribution >= 4 is 38.5 Å². The van der Waals surface area contributed by atoms with E-state index in [1.807, 2.05) is 49.1 Å². The van der Waals surface area contributed by atoms with E-state index in [9.17, 15) is 12.8 Å². The second-order valence-corrected chi connectivity index (χ2v) is 10.5. The molecular formula is C23H22ClFN6O2S. The van der Waals surface area contributed by atoms with Gasteiger partial charge in [-0.25, -0.2) is 27.5 Å². The van der Waals surface area contributed by atoms with Crippen LogP contribution in [0.2, 0.25) is 5.02 Å². The van der Waals surface area contributed by atoms with Gasteiger partial charge < -0.3 is 4.90 Å². The molecule has 0 aliphatic carbocycles. The average Bonchev–Trinajstić information content (AvgIpc) is 3.17.